The molecule has 0 radical (unpaired) electrons. The average molecular weight is 482 g/mol. The van der Waals surface area contributed by atoms with Crippen molar-refractivity contribution in [1.82, 2.24) is 10.4 Å². The Morgan fingerprint density at radius 2 is 1.97 bits per heavy atom. The van der Waals surface area contributed by atoms with Crippen molar-refractivity contribution in [3.63, 3.8) is 0 Å². The highest BCUT2D eigenvalue weighted by atomic mass is 35.5. The number of thioether (sulfide) groups is 1. The standard InChI is InChI=1S/C24H20ClN3O4S/c1-30-21-12-6-8-16(23(21)31-14-17-7-2-3-9-18(17)25)13-26-28-22(29)15-33-24-27-19-10-4-5-11-20(19)32-24/h2-13H,14-15H2,1H3,(H,28,29). The van der Waals surface area contributed by atoms with E-state index in [1.165, 1.54) is 18.0 Å². The maximum Gasteiger partial charge on any atom is 0.257 e. The molecule has 0 saturated carbocycles. The summed E-state index contributed by atoms with van der Waals surface area (Å²) >= 11 is 7.42. The van der Waals surface area contributed by atoms with Crippen molar-refractivity contribution in [2.75, 3.05) is 12.9 Å². The van der Waals surface area contributed by atoms with Crippen molar-refractivity contribution in [3.8, 4) is 11.5 Å². The first-order chi connectivity index (χ1) is 16.1. The molecule has 4 rings (SSSR count). The van der Waals surface area contributed by atoms with E-state index in [2.05, 4.69) is 15.5 Å². The van der Waals surface area contributed by atoms with Crippen molar-refractivity contribution < 1.29 is 18.7 Å². The van der Waals surface area contributed by atoms with Gasteiger partial charge in [0.05, 0.1) is 19.1 Å². The highest BCUT2D eigenvalue weighted by Gasteiger charge is 2.12. The molecule has 33 heavy (non-hydrogen) atoms. The molecule has 0 spiro atoms. The van der Waals surface area contributed by atoms with Gasteiger partial charge in [-0.1, -0.05) is 59.8 Å². The summed E-state index contributed by atoms with van der Waals surface area (Å²) < 4.78 is 17.0. The molecule has 1 aromatic heterocycles. The summed E-state index contributed by atoms with van der Waals surface area (Å²) in [6.45, 7) is 0.258. The number of nitrogens with one attached hydrogen (secondary N) is 1. The van der Waals surface area contributed by atoms with E-state index in [4.69, 9.17) is 25.5 Å². The van der Waals surface area contributed by atoms with Gasteiger partial charge < -0.3 is 13.9 Å². The number of benzene rings is 3. The van der Waals surface area contributed by atoms with Crippen molar-refractivity contribution >= 4 is 46.6 Å². The molecule has 1 amide bonds. The van der Waals surface area contributed by atoms with Crippen LogP contribution < -0.4 is 14.9 Å². The van der Waals surface area contributed by atoms with Crippen LogP contribution in [0.5, 0.6) is 11.5 Å². The Kier molecular flexibility index (Phi) is 7.49. The first-order valence-corrected chi connectivity index (χ1v) is 11.3. The highest BCUT2D eigenvalue weighted by Crippen LogP contribution is 2.31. The number of carbonyl (C=O) groups excluding carboxylic acids is 1. The summed E-state index contributed by atoms with van der Waals surface area (Å²) in [6.07, 6.45) is 1.51. The van der Waals surface area contributed by atoms with Gasteiger partial charge in [-0.3, -0.25) is 4.79 Å². The van der Waals surface area contributed by atoms with Crippen LogP contribution in [0.4, 0.5) is 0 Å². The van der Waals surface area contributed by atoms with Gasteiger partial charge in [0.25, 0.3) is 11.1 Å². The lowest BCUT2D eigenvalue weighted by Crippen LogP contribution is -2.19. The van der Waals surface area contributed by atoms with Gasteiger partial charge in [0.1, 0.15) is 12.1 Å². The zero-order valence-electron chi connectivity index (χ0n) is 17.7. The number of hydrogen-bond acceptors (Lipinski definition) is 7. The van der Waals surface area contributed by atoms with E-state index in [1.807, 2.05) is 54.6 Å². The van der Waals surface area contributed by atoms with Crippen LogP contribution >= 0.6 is 23.4 Å². The van der Waals surface area contributed by atoms with E-state index in [0.717, 1.165) is 11.1 Å². The fourth-order valence-corrected chi connectivity index (χ4v) is 3.78. The van der Waals surface area contributed by atoms with E-state index in [1.54, 1.807) is 19.2 Å². The molecule has 0 aliphatic carbocycles. The molecule has 168 valence electrons. The molecule has 0 atom stereocenters. The molecule has 0 saturated heterocycles. The van der Waals surface area contributed by atoms with E-state index >= 15 is 0 Å². The second kappa shape index (κ2) is 10.9. The number of para-hydroxylation sites is 3. The van der Waals surface area contributed by atoms with Crippen molar-refractivity contribution in [3.05, 3.63) is 82.9 Å². The third kappa shape index (κ3) is 5.85. The van der Waals surface area contributed by atoms with Gasteiger partial charge in [0.2, 0.25) is 0 Å². The molecular weight excluding hydrogens is 462 g/mol. The Bertz CT molecular complexity index is 1260. The molecule has 0 bridgehead atoms. The minimum Gasteiger partial charge on any atom is -0.493 e. The zero-order chi connectivity index (χ0) is 23.0. The van der Waals surface area contributed by atoms with Crippen LogP contribution in [0, 0.1) is 0 Å². The van der Waals surface area contributed by atoms with Gasteiger partial charge in [-0.05, 0) is 30.3 Å². The van der Waals surface area contributed by atoms with Crippen LogP contribution in [-0.4, -0.2) is 30.0 Å². The molecule has 0 aliphatic rings. The Hall–Kier alpha value is -3.49. The highest BCUT2D eigenvalue weighted by molar-refractivity contribution is 7.99. The number of oxazole rings is 1. The maximum absolute atomic E-state index is 12.2. The SMILES string of the molecule is COc1cccc(C=NNC(=O)CSc2nc3ccccc3o2)c1OCc1ccccc1Cl. The van der Waals surface area contributed by atoms with E-state index in [9.17, 15) is 4.79 Å². The molecule has 4 aromatic rings. The second-order valence-electron chi connectivity index (χ2n) is 6.79. The Labute approximate surface area is 199 Å². The fourth-order valence-electron chi connectivity index (χ4n) is 2.96. The smallest absolute Gasteiger partial charge is 0.257 e. The van der Waals surface area contributed by atoms with E-state index < -0.39 is 0 Å². The summed E-state index contributed by atoms with van der Waals surface area (Å²) in [5, 5.41) is 5.10. The predicted molar refractivity (Wildman–Crippen MR) is 129 cm³/mol. The number of amides is 1. The largest absolute Gasteiger partial charge is 0.493 e. The summed E-state index contributed by atoms with van der Waals surface area (Å²) in [5.74, 6) is 0.862. The van der Waals surface area contributed by atoms with Crippen molar-refractivity contribution in [2.24, 2.45) is 5.10 Å². The first-order valence-electron chi connectivity index (χ1n) is 9.97. The topological polar surface area (TPSA) is 86.0 Å². The van der Waals surface area contributed by atoms with Crippen LogP contribution in [0.25, 0.3) is 11.1 Å². The number of rotatable bonds is 9. The van der Waals surface area contributed by atoms with Crippen LogP contribution in [-0.2, 0) is 11.4 Å². The summed E-state index contributed by atoms with van der Waals surface area (Å²) in [4.78, 5) is 16.5. The summed E-state index contributed by atoms with van der Waals surface area (Å²) in [5.41, 5.74) is 5.43. The van der Waals surface area contributed by atoms with Crippen LogP contribution in [0.1, 0.15) is 11.1 Å². The lowest BCUT2D eigenvalue weighted by atomic mass is 10.2. The van der Waals surface area contributed by atoms with Gasteiger partial charge in [0, 0.05) is 16.1 Å². The normalized spacial score (nSPS) is 11.1. The summed E-state index contributed by atoms with van der Waals surface area (Å²) in [7, 11) is 1.56. The number of hydrogen-bond donors (Lipinski definition) is 1. The molecule has 0 unspecified atom stereocenters. The Balaban J connectivity index is 1.37. The molecule has 7 nitrogen and oxygen atoms in total. The minimum atomic E-state index is -0.292. The number of carbonyl (C=O) groups is 1. The molecule has 1 heterocycles. The van der Waals surface area contributed by atoms with Gasteiger partial charge in [-0.15, -0.1) is 0 Å². The third-order valence-electron chi connectivity index (χ3n) is 4.55. The molecule has 0 fully saturated rings. The number of aromatic nitrogens is 1. The summed E-state index contributed by atoms with van der Waals surface area (Å²) in [6, 6.07) is 20.3. The maximum atomic E-state index is 12.2. The van der Waals surface area contributed by atoms with E-state index in [0.29, 0.717) is 32.9 Å². The number of hydrazone groups is 1. The second-order valence-corrected chi connectivity index (χ2v) is 8.12. The van der Waals surface area contributed by atoms with E-state index in [-0.39, 0.29) is 18.3 Å². The van der Waals surface area contributed by atoms with Crippen LogP contribution in [0.3, 0.4) is 0 Å². The quantitative estimate of drug-likeness (QED) is 0.198. The number of methoxy groups -OCH3 is 1. The molecule has 0 aliphatic heterocycles. The van der Waals surface area contributed by atoms with Crippen molar-refractivity contribution in [1.29, 1.82) is 0 Å². The lowest BCUT2D eigenvalue weighted by Gasteiger charge is -2.13. The zero-order valence-corrected chi connectivity index (χ0v) is 19.2. The fraction of sp³-hybridized carbons (Fsp3) is 0.125. The first kappa shape index (κ1) is 22.7. The number of fused-ring (bicyclic) bond motifs is 1. The van der Waals surface area contributed by atoms with Gasteiger partial charge >= 0.3 is 0 Å². The Morgan fingerprint density at radius 1 is 1.15 bits per heavy atom. The molecule has 9 heteroatoms. The monoisotopic (exact) mass is 481 g/mol. The van der Waals surface area contributed by atoms with Crippen LogP contribution in [0.15, 0.2) is 81.5 Å². The van der Waals surface area contributed by atoms with Crippen LogP contribution in [0.2, 0.25) is 5.02 Å². The minimum absolute atomic E-state index is 0.109. The van der Waals surface area contributed by atoms with Gasteiger partial charge in [-0.2, -0.15) is 5.10 Å². The average Bonchev–Trinajstić information content (AvgIpc) is 3.26. The number of nitrogens with zero attached hydrogens (tertiary/aromatic N) is 2. The van der Waals surface area contributed by atoms with Crippen molar-refractivity contribution in [2.45, 2.75) is 11.8 Å². The number of halogens is 1. The lowest BCUT2D eigenvalue weighted by molar-refractivity contribution is -0.118. The molecule has 3 aromatic carbocycles. The Morgan fingerprint density at radius 3 is 2.79 bits per heavy atom. The molecule has 1 N–H and O–H groups in total. The third-order valence-corrected chi connectivity index (χ3v) is 5.75. The number of ether oxygens (including phenoxy) is 2. The van der Waals surface area contributed by atoms with Gasteiger partial charge in [0.15, 0.2) is 17.1 Å². The van der Waals surface area contributed by atoms with Gasteiger partial charge in [-0.25, -0.2) is 10.4 Å². The molecular formula is C24H20ClN3O4S. The predicted octanol–water partition coefficient (Wildman–Crippen LogP) is 5.31.